The molecule has 2 rings (SSSR count). The van der Waals surface area contributed by atoms with Gasteiger partial charge in [-0.15, -0.1) is 0 Å². The fourth-order valence-electron chi connectivity index (χ4n) is 1.77. The van der Waals surface area contributed by atoms with Crippen molar-refractivity contribution in [2.45, 2.75) is 20.8 Å². The van der Waals surface area contributed by atoms with Gasteiger partial charge in [0.1, 0.15) is 11.4 Å². The van der Waals surface area contributed by atoms with Crippen LogP contribution in [0.3, 0.4) is 0 Å². The highest BCUT2D eigenvalue weighted by Crippen LogP contribution is 2.30. The number of benzene rings is 1. The summed E-state index contributed by atoms with van der Waals surface area (Å²) in [5, 5.41) is 0.417. The number of hydrogen-bond acceptors (Lipinski definition) is 2. The van der Waals surface area contributed by atoms with Crippen LogP contribution in [0.25, 0.3) is 11.0 Å². The van der Waals surface area contributed by atoms with Crippen LogP contribution in [0.2, 0.25) is 0 Å². The minimum atomic E-state index is -0.343. The smallest absolute Gasteiger partial charge is 0.195 e. The van der Waals surface area contributed by atoms with Crippen LogP contribution in [0, 0.1) is 19.7 Å². The molecule has 0 saturated carbocycles. The van der Waals surface area contributed by atoms with E-state index in [2.05, 4.69) is 0 Å². The van der Waals surface area contributed by atoms with Gasteiger partial charge in [-0.05, 0) is 25.5 Å². The third-order valence-electron chi connectivity index (χ3n) is 2.54. The molecule has 0 aliphatic carbocycles. The van der Waals surface area contributed by atoms with E-state index in [1.807, 2.05) is 6.92 Å². The number of halogens is 1. The highest BCUT2D eigenvalue weighted by molar-refractivity contribution is 5.99. The van der Waals surface area contributed by atoms with Crippen molar-refractivity contribution in [3.63, 3.8) is 0 Å². The lowest BCUT2D eigenvalue weighted by atomic mass is 10.1. The van der Waals surface area contributed by atoms with Crippen molar-refractivity contribution < 1.29 is 13.6 Å². The second-order valence-corrected chi connectivity index (χ2v) is 3.68. The molecule has 0 radical (unpaired) electrons. The lowest BCUT2D eigenvalue weighted by molar-refractivity contribution is 0.0988. The van der Waals surface area contributed by atoms with Crippen LogP contribution in [0.1, 0.15) is 28.6 Å². The lowest BCUT2D eigenvalue weighted by Gasteiger charge is -1.95. The third kappa shape index (κ3) is 1.35. The molecule has 0 N–H and O–H groups in total. The lowest BCUT2D eigenvalue weighted by Crippen LogP contribution is -1.90. The first-order valence-corrected chi connectivity index (χ1v) is 4.71. The maximum absolute atomic E-state index is 13.5. The van der Waals surface area contributed by atoms with E-state index in [0.717, 1.165) is 5.56 Å². The van der Waals surface area contributed by atoms with Crippen molar-refractivity contribution in [1.29, 1.82) is 0 Å². The summed E-state index contributed by atoms with van der Waals surface area (Å²) in [7, 11) is 0. The van der Waals surface area contributed by atoms with Gasteiger partial charge in [0.25, 0.3) is 0 Å². The van der Waals surface area contributed by atoms with Crippen LogP contribution < -0.4 is 0 Å². The Morgan fingerprint density at radius 1 is 1.33 bits per heavy atom. The molecule has 0 atom stereocenters. The van der Waals surface area contributed by atoms with Gasteiger partial charge in [-0.1, -0.05) is 6.07 Å². The van der Waals surface area contributed by atoms with Crippen LogP contribution in [-0.2, 0) is 0 Å². The molecule has 0 aliphatic heterocycles. The number of fused-ring (bicyclic) bond motifs is 1. The number of hydrogen-bond donors (Lipinski definition) is 0. The summed E-state index contributed by atoms with van der Waals surface area (Å²) in [6.45, 7) is 4.94. The van der Waals surface area contributed by atoms with E-state index in [0.29, 0.717) is 16.5 Å². The van der Waals surface area contributed by atoms with Gasteiger partial charge >= 0.3 is 0 Å². The van der Waals surface area contributed by atoms with Crippen molar-refractivity contribution in [2.24, 2.45) is 0 Å². The number of aryl methyl sites for hydroxylation is 2. The van der Waals surface area contributed by atoms with Crippen LogP contribution in [0.4, 0.5) is 4.39 Å². The van der Waals surface area contributed by atoms with Crippen LogP contribution in [0.15, 0.2) is 16.5 Å². The molecule has 0 fully saturated rings. The van der Waals surface area contributed by atoms with Gasteiger partial charge < -0.3 is 4.42 Å². The first-order chi connectivity index (χ1) is 7.02. The largest absolute Gasteiger partial charge is 0.452 e. The average molecular weight is 206 g/mol. The molecule has 2 aromatic rings. The van der Waals surface area contributed by atoms with Crippen molar-refractivity contribution in [2.75, 3.05) is 0 Å². The van der Waals surface area contributed by atoms with E-state index in [1.165, 1.54) is 13.0 Å². The molecule has 0 unspecified atom stereocenters. The third-order valence-corrected chi connectivity index (χ3v) is 2.54. The van der Waals surface area contributed by atoms with E-state index < -0.39 is 0 Å². The van der Waals surface area contributed by atoms with Crippen LogP contribution in [0.5, 0.6) is 0 Å². The molecule has 2 nitrogen and oxygen atoms in total. The molecule has 1 aromatic carbocycles. The molecule has 3 heteroatoms. The molecule has 15 heavy (non-hydrogen) atoms. The van der Waals surface area contributed by atoms with E-state index in [1.54, 1.807) is 13.0 Å². The van der Waals surface area contributed by atoms with E-state index in [4.69, 9.17) is 4.42 Å². The predicted molar refractivity (Wildman–Crippen MR) is 55.7 cm³/mol. The summed E-state index contributed by atoms with van der Waals surface area (Å²) in [5.74, 6) is -0.273. The Bertz CT molecular complexity index is 552. The maximum Gasteiger partial charge on any atom is 0.195 e. The van der Waals surface area contributed by atoms with E-state index in [9.17, 15) is 9.18 Å². The second-order valence-electron chi connectivity index (χ2n) is 3.68. The predicted octanol–water partition coefficient (Wildman–Crippen LogP) is 3.39. The van der Waals surface area contributed by atoms with E-state index >= 15 is 0 Å². The number of carbonyl (C=O) groups excluding carboxylic acids is 1. The number of carbonyl (C=O) groups is 1. The Morgan fingerprint density at radius 2 is 2.00 bits per heavy atom. The summed E-state index contributed by atoms with van der Waals surface area (Å²) in [6.07, 6.45) is 0. The number of ketones is 1. The summed E-state index contributed by atoms with van der Waals surface area (Å²) in [4.78, 5) is 11.2. The van der Waals surface area contributed by atoms with Gasteiger partial charge in [0.15, 0.2) is 11.5 Å². The van der Waals surface area contributed by atoms with Crippen molar-refractivity contribution in [3.05, 3.63) is 34.8 Å². The Labute approximate surface area is 86.7 Å². The quantitative estimate of drug-likeness (QED) is 0.669. The Hall–Kier alpha value is -1.64. The van der Waals surface area contributed by atoms with Gasteiger partial charge in [0.2, 0.25) is 0 Å². The molecular formula is C12H11FO2. The summed E-state index contributed by atoms with van der Waals surface area (Å²) in [5.41, 5.74) is 1.89. The minimum absolute atomic E-state index is 0.178. The topological polar surface area (TPSA) is 30.2 Å². The van der Waals surface area contributed by atoms with Crippen LogP contribution in [-0.4, -0.2) is 5.78 Å². The SMILES string of the molecule is CC(=O)c1oc2c(C)ccc(F)c2c1C. The van der Waals surface area contributed by atoms with Gasteiger partial charge in [-0.2, -0.15) is 0 Å². The normalized spacial score (nSPS) is 10.9. The minimum Gasteiger partial charge on any atom is -0.452 e. The molecule has 1 heterocycles. The Balaban J connectivity index is 2.93. The molecule has 0 bridgehead atoms. The first-order valence-electron chi connectivity index (χ1n) is 4.71. The fraction of sp³-hybridized carbons (Fsp3) is 0.250. The zero-order chi connectivity index (χ0) is 11.2. The van der Waals surface area contributed by atoms with Crippen LogP contribution >= 0.6 is 0 Å². The van der Waals surface area contributed by atoms with Gasteiger partial charge in [-0.3, -0.25) is 4.79 Å². The summed E-state index contributed by atoms with van der Waals surface area (Å²) in [6, 6.07) is 3.04. The monoisotopic (exact) mass is 206 g/mol. The zero-order valence-corrected chi connectivity index (χ0v) is 8.85. The molecule has 1 aromatic heterocycles. The molecule has 0 saturated heterocycles. The van der Waals surface area contributed by atoms with Gasteiger partial charge in [0, 0.05) is 12.5 Å². The number of rotatable bonds is 1. The highest BCUT2D eigenvalue weighted by atomic mass is 19.1. The molecule has 0 amide bonds. The van der Waals surface area contributed by atoms with Gasteiger partial charge in [0.05, 0.1) is 5.39 Å². The molecular weight excluding hydrogens is 195 g/mol. The van der Waals surface area contributed by atoms with Crippen molar-refractivity contribution in [3.8, 4) is 0 Å². The fourth-order valence-corrected chi connectivity index (χ4v) is 1.77. The standard InChI is InChI=1S/C12H11FO2/c1-6-4-5-9(13)10-7(2)12(8(3)14)15-11(6)10/h4-5H,1-3H3. The molecule has 0 spiro atoms. The zero-order valence-electron chi connectivity index (χ0n) is 8.85. The molecule has 0 aliphatic rings. The molecule has 78 valence electrons. The first kappa shape index (κ1) is 9.90. The summed E-state index contributed by atoms with van der Waals surface area (Å²) < 4.78 is 18.9. The maximum atomic E-state index is 13.5. The van der Waals surface area contributed by atoms with E-state index in [-0.39, 0.29) is 17.4 Å². The summed E-state index contributed by atoms with van der Waals surface area (Å²) >= 11 is 0. The number of furan rings is 1. The average Bonchev–Trinajstić information content (AvgIpc) is 2.51. The van der Waals surface area contributed by atoms with Crippen molar-refractivity contribution >= 4 is 16.8 Å². The number of Topliss-reactive ketones (excluding diaryl/α,β-unsaturated/α-hetero) is 1. The second kappa shape index (κ2) is 3.19. The van der Waals surface area contributed by atoms with Crippen molar-refractivity contribution in [1.82, 2.24) is 0 Å². The Morgan fingerprint density at radius 3 is 2.53 bits per heavy atom. The highest BCUT2D eigenvalue weighted by Gasteiger charge is 2.18. The Kier molecular flexibility index (Phi) is 2.11. The van der Waals surface area contributed by atoms with Gasteiger partial charge in [-0.25, -0.2) is 4.39 Å².